The van der Waals surface area contributed by atoms with Crippen LogP contribution in [0.5, 0.6) is 0 Å². The highest BCUT2D eigenvalue weighted by Gasteiger charge is 2.42. The molecular weight excluding hydrogens is 480 g/mol. The Bertz CT molecular complexity index is 1250. The van der Waals surface area contributed by atoms with Crippen LogP contribution in [0.4, 0.5) is 5.82 Å². The molecule has 0 saturated carbocycles. The molecule has 4 heterocycles. The van der Waals surface area contributed by atoms with Gasteiger partial charge in [-0.2, -0.15) is 5.26 Å². The molecule has 0 aromatic carbocycles. The highest BCUT2D eigenvalue weighted by molar-refractivity contribution is 8.26. The number of rotatable bonds is 5. The summed E-state index contributed by atoms with van der Waals surface area (Å²) in [6, 6.07) is 1.60. The van der Waals surface area contributed by atoms with E-state index in [1.165, 1.54) is 4.90 Å². The van der Waals surface area contributed by atoms with Crippen molar-refractivity contribution in [2.45, 2.75) is 52.1 Å². The van der Waals surface area contributed by atoms with Gasteiger partial charge in [0.15, 0.2) is 9.84 Å². The van der Waals surface area contributed by atoms with Gasteiger partial charge in [-0.05, 0) is 44.2 Å². The number of sulfone groups is 1. The molecule has 1 unspecified atom stereocenters. The molecule has 3 aliphatic rings. The van der Waals surface area contributed by atoms with Crippen LogP contribution in [0.15, 0.2) is 9.70 Å². The van der Waals surface area contributed by atoms with E-state index in [1.54, 1.807) is 17.6 Å². The molecule has 0 bridgehead atoms. The van der Waals surface area contributed by atoms with E-state index in [9.17, 15) is 23.3 Å². The van der Waals surface area contributed by atoms with Gasteiger partial charge in [-0.3, -0.25) is 19.1 Å². The zero-order valence-corrected chi connectivity index (χ0v) is 21.1. The lowest BCUT2D eigenvalue weighted by Gasteiger charge is -2.26. The Kier molecular flexibility index (Phi) is 6.71. The summed E-state index contributed by atoms with van der Waals surface area (Å²) in [5.41, 5.74) is 1.00. The standard InChI is InChI=1S/C22H26N4O4S3/c1-3-7-25-19(24-8-4-5-9-24)16(14(2)17(12-23)20(25)27)11-18-21(28)26(22(31)32-18)15-6-10-33(29,30)13-15/h11,15H,3-10,13H2,1-2H3/b18-11-. The van der Waals surface area contributed by atoms with E-state index in [-0.39, 0.29) is 28.5 Å². The van der Waals surface area contributed by atoms with Gasteiger partial charge >= 0.3 is 0 Å². The number of hydrogen-bond donors (Lipinski definition) is 0. The van der Waals surface area contributed by atoms with Crippen LogP contribution in [-0.2, 0) is 21.2 Å². The van der Waals surface area contributed by atoms with Gasteiger partial charge in [0.05, 0.1) is 22.5 Å². The van der Waals surface area contributed by atoms with Crippen LogP contribution in [0.2, 0.25) is 0 Å². The number of thioether (sulfide) groups is 1. The van der Waals surface area contributed by atoms with E-state index in [2.05, 4.69) is 11.0 Å². The molecule has 176 valence electrons. The minimum atomic E-state index is -3.17. The molecule has 3 aliphatic heterocycles. The summed E-state index contributed by atoms with van der Waals surface area (Å²) >= 11 is 6.59. The quantitative estimate of drug-likeness (QED) is 0.443. The van der Waals surface area contributed by atoms with Crippen LogP contribution in [0.3, 0.4) is 0 Å². The Morgan fingerprint density at radius 2 is 1.97 bits per heavy atom. The zero-order valence-electron chi connectivity index (χ0n) is 18.7. The summed E-state index contributed by atoms with van der Waals surface area (Å²) in [5.74, 6) is 0.403. The Hall–Kier alpha value is -2.16. The number of nitrogens with zero attached hydrogens (tertiary/aromatic N) is 4. The Morgan fingerprint density at radius 1 is 1.27 bits per heavy atom. The Balaban J connectivity index is 1.84. The smallest absolute Gasteiger partial charge is 0.270 e. The highest BCUT2D eigenvalue weighted by atomic mass is 32.2. The topological polar surface area (TPSA) is 103 Å². The monoisotopic (exact) mass is 506 g/mol. The average molecular weight is 507 g/mol. The molecule has 1 aromatic heterocycles. The third kappa shape index (κ3) is 4.36. The van der Waals surface area contributed by atoms with E-state index in [1.807, 2.05) is 6.92 Å². The summed E-state index contributed by atoms with van der Waals surface area (Å²) < 4.78 is 25.9. The Labute approximate surface area is 203 Å². The highest BCUT2D eigenvalue weighted by Crippen LogP contribution is 2.38. The summed E-state index contributed by atoms with van der Waals surface area (Å²) in [5, 5.41) is 9.71. The van der Waals surface area contributed by atoms with Gasteiger partial charge < -0.3 is 4.90 Å². The molecule has 11 heteroatoms. The normalized spacial score (nSPS) is 23.7. The summed E-state index contributed by atoms with van der Waals surface area (Å²) in [6.07, 6.45) is 4.86. The second-order valence-electron chi connectivity index (χ2n) is 8.61. The molecule has 1 atom stereocenters. The molecule has 4 rings (SSSR count). The van der Waals surface area contributed by atoms with E-state index in [0.29, 0.717) is 33.3 Å². The fraction of sp³-hybridized carbons (Fsp3) is 0.545. The first-order valence-electron chi connectivity index (χ1n) is 11.1. The maximum absolute atomic E-state index is 13.3. The summed E-state index contributed by atoms with van der Waals surface area (Å²) in [4.78, 5) is 30.4. The number of anilines is 1. The van der Waals surface area contributed by atoms with E-state index in [0.717, 1.165) is 49.9 Å². The molecule has 3 fully saturated rings. The van der Waals surface area contributed by atoms with Crippen LogP contribution in [0.25, 0.3) is 6.08 Å². The number of carbonyl (C=O) groups excluding carboxylic acids is 1. The van der Waals surface area contributed by atoms with Crippen molar-refractivity contribution in [1.82, 2.24) is 9.47 Å². The summed E-state index contributed by atoms with van der Waals surface area (Å²) in [7, 11) is -3.17. The predicted molar refractivity (Wildman–Crippen MR) is 134 cm³/mol. The second kappa shape index (κ2) is 9.24. The largest absolute Gasteiger partial charge is 0.357 e. The van der Waals surface area contributed by atoms with Crippen molar-refractivity contribution in [3.05, 3.63) is 31.9 Å². The van der Waals surface area contributed by atoms with E-state index >= 15 is 0 Å². The van der Waals surface area contributed by atoms with Gasteiger partial charge in [0.2, 0.25) is 0 Å². The van der Waals surface area contributed by atoms with Crippen molar-refractivity contribution < 1.29 is 13.2 Å². The fourth-order valence-corrected chi connectivity index (χ4v) is 7.83. The number of aromatic nitrogens is 1. The van der Waals surface area contributed by atoms with Gasteiger partial charge in [0, 0.05) is 25.2 Å². The lowest BCUT2D eigenvalue weighted by molar-refractivity contribution is -0.123. The third-order valence-corrected chi connectivity index (χ3v) is 9.45. The number of amides is 1. The minimum Gasteiger partial charge on any atom is -0.357 e. The molecule has 0 aliphatic carbocycles. The number of carbonyl (C=O) groups is 1. The van der Waals surface area contributed by atoms with Crippen molar-refractivity contribution in [2.75, 3.05) is 29.5 Å². The second-order valence-corrected chi connectivity index (χ2v) is 12.5. The van der Waals surface area contributed by atoms with Gasteiger partial charge in [-0.25, -0.2) is 8.42 Å². The SMILES string of the molecule is CCCn1c(N2CCCC2)c(/C=C2\SC(=S)N(C3CCS(=O)(=O)C3)C2=O)c(C)c(C#N)c1=O. The molecule has 1 amide bonds. The van der Waals surface area contributed by atoms with E-state index in [4.69, 9.17) is 12.2 Å². The molecule has 0 spiro atoms. The van der Waals surface area contributed by atoms with Gasteiger partial charge in [0.25, 0.3) is 11.5 Å². The lowest BCUT2D eigenvalue weighted by Crippen LogP contribution is -2.39. The first-order valence-corrected chi connectivity index (χ1v) is 14.1. The predicted octanol–water partition coefficient (Wildman–Crippen LogP) is 2.43. The first-order chi connectivity index (χ1) is 15.7. The minimum absolute atomic E-state index is 0.0551. The van der Waals surface area contributed by atoms with Crippen LogP contribution < -0.4 is 10.5 Å². The number of pyridine rings is 1. The van der Waals surface area contributed by atoms with Crippen molar-refractivity contribution >= 4 is 55.9 Å². The number of hydrogen-bond acceptors (Lipinski definition) is 8. The van der Waals surface area contributed by atoms with Crippen LogP contribution in [0, 0.1) is 18.3 Å². The van der Waals surface area contributed by atoms with Crippen LogP contribution in [0.1, 0.15) is 49.3 Å². The molecular formula is C22H26N4O4S3. The fourth-order valence-electron chi connectivity index (χ4n) is 4.75. The molecule has 33 heavy (non-hydrogen) atoms. The van der Waals surface area contributed by atoms with Gasteiger partial charge in [0.1, 0.15) is 21.8 Å². The molecule has 0 N–H and O–H groups in total. The van der Waals surface area contributed by atoms with Crippen LogP contribution in [-0.4, -0.2) is 58.7 Å². The number of thiocarbonyl (C=S) groups is 1. The maximum atomic E-state index is 13.3. The van der Waals surface area contributed by atoms with Gasteiger partial charge in [-0.1, -0.05) is 30.9 Å². The first kappa shape index (κ1) is 24.0. The molecule has 1 aromatic rings. The third-order valence-electron chi connectivity index (χ3n) is 6.37. The van der Waals surface area contributed by atoms with Crippen molar-refractivity contribution in [2.24, 2.45) is 0 Å². The van der Waals surface area contributed by atoms with Crippen molar-refractivity contribution in [3.63, 3.8) is 0 Å². The van der Waals surface area contributed by atoms with Crippen LogP contribution >= 0.6 is 24.0 Å². The molecule has 0 radical (unpaired) electrons. The van der Waals surface area contributed by atoms with Gasteiger partial charge in [-0.15, -0.1) is 0 Å². The van der Waals surface area contributed by atoms with E-state index < -0.39 is 15.9 Å². The Morgan fingerprint density at radius 3 is 2.55 bits per heavy atom. The molecule has 8 nitrogen and oxygen atoms in total. The van der Waals surface area contributed by atoms with Crippen molar-refractivity contribution in [1.29, 1.82) is 5.26 Å². The lowest BCUT2D eigenvalue weighted by atomic mass is 10.0. The maximum Gasteiger partial charge on any atom is 0.270 e. The average Bonchev–Trinajstić information content (AvgIpc) is 3.46. The molecule has 3 saturated heterocycles. The summed E-state index contributed by atoms with van der Waals surface area (Å²) in [6.45, 7) is 5.80. The zero-order chi connectivity index (χ0) is 23.9. The van der Waals surface area contributed by atoms with Crippen molar-refractivity contribution in [3.8, 4) is 6.07 Å². The number of nitriles is 1.